The van der Waals surface area contributed by atoms with Gasteiger partial charge in [0, 0.05) is 18.0 Å². The molecule has 0 saturated carbocycles. The number of anilines is 2. The van der Waals surface area contributed by atoms with E-state index in [9.17, 15) is 8.42 Å². The normalized spacial score (nSPS) is 17.1. The summed E-state index contributed by atoms with van der Waals surface area (Å²) in [7, 11) is -3.66. The number of benzene rings is 2. The van der Waals surface area contributed by atoms with Crippen LogP contribution in [-0.2, 0) is 10.0 Å². The first-order valence-electron chi connectivity index (χ1n) is 10.0. The molecule has 30 heavy (non-hydrogen) atoms. The Hall–Kier alpha value is -2.22. The molecule has 8 heteroatoms. The Bertz CT molecular complexity index is 1110. The molecule has 0 bridgehead atoms. The monoisotopic (exact) mass is 449 g/mol. The molecule has 2 N–H and O–H groups in total. The average molecular weight is 450 g/mol. The van der Waals surface area contributed by atoms with Crippen molar-refractivity contribution < 1.29 is 12.8 Å². The molecule has 1 fully saturated rings. The smallest absolute Gasteiger partial charge is 0.261 e. The maximum Gasteiger partial charge on any atom is 0.261 e. The number of furan rings is 1. The van der Waals surface area contributed by atoms with Crippen LogP contribution in [0.5, 0.6) is 0 Å². The predicted molar refractivity (Wildman–Crippen MR) is 124 cm³/mol. The fraction of sp³-hybridized carbons (Fsp3) is 0.364. The van der Waals surface area contributed by atoms with Crippen molar-refractivity contribution in [3.8, 4) is 0 Å². The van der Waals surface area contributed by atoms with E-state index in [1.165, 1.54) is 12.8 Å². The summed E-state index contributed by atoms with van der Waals surface area (Å²) < 4.78 is 34.0. The van der Waals surface area contributed by atoms with Crippen LogP contribution in [0.25, 0.3) is 11.0 Å². The topological polar surface area (TPSA) is 74.6 Å². The zero-order valence-electron chi connectivity index (χ0n) is 17.2. The van der Waals surface area contributed by atoms with Crippen LogP contribution in [0.15, 0.2) is 58.0 Å². The highest BCUT2D eigenvalue weighted by Crippen LogP contribution is 2.31. The quantitative estimate of drug-likeness (QED) is 0.538. The van der Waals surface area contributed by atoms with Crippen LogP contribution in [0.3, 0.4) is 0 Å². The summed E-state index contributed by atoms with van der Waals surface area (Å²) >= 11 is 0. The third-order valence-corrected chi connectivity index (χ3v) is 6.92. The van der Waals surface area contributed by atoms with Gasteiger partial charge in [-0.2, -0.15) is 0 Å². The van der Waals surface area contributed by atoms with Crippen molar-refractivity contribution in [3.05, 3.63) is 54.3 Å². The van der Waals surface area contributed by atoms with E-state index < -0.39 is 10.0 Å². The highest BCUT2D eigenvalue weighted by Gasteiger charge is 2.23. The lowest BCUT2D eigenvalue weighted by atomic mass is 10.2. The zero-order chi connectivity index (χ0) is 20.4. The molecule has 0 spiro atoms. The van der Waals surface area contributed by atoms with Gasteiger partial charge in [-0.1, -0.05) is 19.1 Å². The Morgan fingerprint density at radius 2 is 2.03 bits per heavy atom. The van der Waals surface area contributed by atoms with E-state index in [0.29, 0.717) is 11.7 Å². The standard InChI is InChI=1S/C22H27N3O3S.ClH/c1-3-25-10-5-7-19(25)15-23-21-14-18(13-17-9-11-28-22(17)21)24-29(26,27)20-8-4-6-16(2)12-20;/h4,6,8-9,11-14,19,23-24H,3,5,7,10,15H2,1-2H3;1H/t19-;/m1./s1. The van der Waals surface area contributed by atoms with Gasteiger partial charge in [0.1, 0.15) is 0 Å². The first-order chi connectivity index (χ1) is 14.0. The lowest BCUT2D eigenvalue weighted by Gasteiger charge is -2.23. The van der Waals surface area contributed by atoms with Gasteiger partial charge in [0.2, 0.25) is 0 Å². The molecule has 1 aliphatic heterocycles. The third kappa shape index (κ3) is 4.74. The minimum absolute atomic E-state index is 0. The molecule has 1 aliphatic rings. The van der Waals surface area contributed by atoms with E-state index in [-0.39, 0.29) is 17.3 Å². The largest absolute Gasteiger partial charge is 0.462 e. The molecule has 2 heterocycles. The summed E-state index contributed by atoms with van der Waals surface area (Å²) in [6.45, 7) is 7.04. The van der Waals surface area contributed by atoms with Gasteiger partial charge >= 0.3 is 0 Å². The SMILES string of the molecule is CCN1CCC[C@@H]1CNc1cc(NS(=O)(=O)c2cccc(C)c2)cc2ccoc12.Cl. The van der Waals surface area contributed by atoms with Crippen LogP contribution in [0.1, 0.15) is 25.3 Å². The Labute approximate surface area is 184 Å². The van der Waals surface area contributed by atoms with Crippen LogP contribution in [0.2, 0.25) is 0 Å². The number of sulfonamides is 1. The van der Waals surface area contributed by atoms with E-state index in [1.807, 2.05) is 25.1 Å². The van der Waals surface area contributed by atoms with Crippen LogP contribution in [0, 0.1) is 6.92 Å². The second kappa shape index (κ2) is 9.29. The van der Waals surface area contributed by atoms with Crippen molar-refractivity contribution in [1.82, 2.24) is 4.90 Å². The first-order valence-corrected chi connectivity index (χ1v) is 11.5. The molecule has 0 unspecified atom stereocenters. The summed E-state index contributed by atoms with van der Waals surface area (Å²) in [6, 6.07) is 12.8. The van der Waals surface area contributed by atoms with Gasteiger partial charge in [-0.3, -0.25) is 9.62 Å². The van der Waals surface area contributed by atoms with E-state index in [1.54, 1.807) is 30.5 Å². The van der Waals surface area contributed by atoms with Crippen molar-refractivity contribution in [2.24, 2.45) is 0 Å². The predicted octanol–water partition coefficient (Wildman–Crippen LogP) is 4.86. The molecular formula is C22H28ClN3O3S. The van der Waals surface area contributed by atoms with Gasteiger partial charge in [-0.25, -0.2) is 8.42 Å². The van der Waals surface area contributed by atoms with Gasteiger partial charge in [-0.15, -0.1) is 12.4 Å². The molecule has 1 atom stereocenters. The number of halogens is 1. The molecule has 3 aromatic rings. The lowest BCUT2D eigenvalue weighted by Crippen LogP contribution is -2.34. The zero-order valence-corrected chi connectivity index (χ0v) is 18.9. The van der Waals surface area contributed by atoms with Gasteiger partial charge < -0.3 is 9.73 Å². The van der Waals surface area contributed by atoms with Crippen molar-refractivity contribution in [2.45, 2.75) is 37.6 Å². The summed E-state index contributed by atoms with van der Waals surface area (Å²) in [6.07, 6.45) is 4.01. The number of hydrogen-bond donors (Lipinski definition) is 2. The van der Waals surface area contributed by atoms with Crippen LogP contribution in [-0.4, -0.2) is 39.0 Å². The number of aryl methyl sites for hydroxylation is 1. The fourth-order valence-corrected chi connectivity index (χ4v) is 5.18. The summed E-state index contributed by atoms with van der Waals surface area (Å²) in [4.78, 5) is 2.72. The maximum atomic E-state index is 12.8. The van der Waals surface area contributed by atoms with Gasteiger partial charge in [-0.05, 0) is 68.8 Å². The minimum atomic E-state index is -3.66. The Balaban J connectivity index is 0.00000256. The van der Waals surface area contributed by atoms with E-state index in [2.05, 4.69) is 21.9 Å². The van der Waals surface area contributed by atoms with Gasteiger partial charge in [0.05, 0.1) is 22.5 Å². The van der Waals surface area contributed by atoms with Gasteiger partial charge in [0.25, 0.3) is 10.0 Å². The minimum Gasteiger partial charge on any atom is -0.462 e. The van der Waals surface area contributed by atoms with Crippen LogP contribution in [0.4, 0.5) is 11.4 Å². The third-order valence-electron chi connectivity index (χ3n) is 5.54. The molecule has 162 valence electrons. The molecule has 0 amide bonds. The molecule has 0 radical (unpaired) electrons. The van der Waals surface area contributed by atoms with Crippen molar-refractivity contribution in [2.75, 3.05) is 29.7 Å². The second-order valence-electron chi connectivity index (χ2n) is 7.59. The molecule has 1 saturated heterocycles. The van der Waals surface area contributed by atoms with Crippen LogP contribution < -0.4 is 10.0 Å². The lowest BCUT2D eigenvalue weighted by molar-refractivity contribution is 0.277. The second-order valence-corrected chi connectivity index (χ2v) is 9.27. The Morgan fingerprint density at radius 3 is 2.80 bits per heavy atom. The van der Waals surface area contributed by atoms with Crippen molar-refractivity contribution in [3.63, 3.8) is 0 Å². The number of likely N-dealkylation sites (N-methyl/N-ethyl adjacent to an activating group) is 1. The Kier molecular flexibility index (Phi) is 6.95. The number of nitrogens with zero attached hydrogens (tertiary/aromatic N) is 1. The highest BCUT2D eigenvalue weighted by atomic mass is 35.5. The molecule has 0 aliphatic carbocycles. The number of likely N-dealkylation sites (tertiary alicyclic amines) is 1. The summed E-state index contributed by atoms with van der Waals surface area (Å²) in [5.74, 6) is 0. The highest BCUT2D eigenvalue weighted by molar-refractivity contribution is 7.92. The molecule has 4 rings (SSSR count). The maximum absolute atomic E-state index is 12.8. The molecule has 1 aromatic heterocycles. The molecular weight excluding hydrogens is 422 g/mol. The van der Waals surface area contributed by atoms with E-state index in [0.717, 1.165) is 41.9 Å². The average Bonchev–Trinajstić information content (AvgIpc) is 3.34. The van der Waals surface area contributed by atoms with Crippen LogP contribution >= 0.6 is 12.4 Å². The molecule has 6 nitrogen and oxygen atoms in total. The summed E-state index contributed by atoms with van der Waals surface area (Å²) in [5.41, 5.74) is 2.96. The number of hydrogen-bond acceptors (Lipinski definition) is 5. The summed E-state index contributed by atoms with van der Waals surface area (Å²) in [5, 5.41) is 4.34. The number of rotatable bonds is 7. The van der Waals surface area contributed by atoms with Crippen molar-refractivity contribution >= 4 is 44.8 Å². The first kappa shape index (κ1) is 22.5. The number of fused-ring (bicyclic) bond motifs is 1. The van der Waals surface area contributed by atoms with E-state index >= 15 is 0 Å². The Morgan fingerprint density at radius 1 is 1.20 bits per heavy atom. The van der Waals surface area contributed by atoms with Gasteiger partial charge in [0.15, 0.2) is 5.58 Å². The fourth-order valence-electron chi connectivity index (χ4n) is 4.04. The molecule has 2 aromatic carbocycles. The van der Waals surface area contributed by atoms with E-state index in [4.69, 9.17) is 4.42 Å². The van der Waals surface area contributed by atoms with Crippen molar-refractivity contribution in [1.29, 1.82) is 0 Å². The number of nitrogens with one attached hydrogen (secondary N) is 2.